The Morgan fingerprint density at radius 1 is 1.06 bits per heavy atom. The molecule has 1 heterocycles. The van der Waals surface area contributed by atoms with Gasteiger partial charge in [0, 0.05) is 46.0 Å². The second-order valence-electron chi connectivity index (χ2n) is 7.65. The molecular formula is C24H30FN3O6S2. The fourth-order valence-electron chi connectivity index (χ4n) is 3.49. The van der Waals surface area contributed by atoms with Gasteiger partial charge in [0.05, 0.1) is 34.9 Å². The minimum Gasteiger partial charge on any atom is -0.383 e. The first kappa shape index (κ1) is 28.1. The Hall–Kier alpha value is -2.48. The van der Waals surface area contributed by atoms with Gasteiger partial charge in [0.15, 0.2) is 4.80 Å². The molecule has 3 rings (SSSR count). The van der Waals surface area contributed by atoms with E-state index < -0.39 is 21.7 Å². The highest BCUT2D eigenvalue weighted by Crippen LogP contribution is 2.21. The standard InChI is InChI=1S/C24H30FN3O6S2/c1-4-34-17-14-28-22-20(25)6-5-7-21(22)35-24(28)26-23(29)18-8-10-19(11-9-18)36(30,31)27(12-15-32-2)13-16-33-3/h5-11H,4,12-17H2,1-3H3. The summed E-state index contributed by atoms with van der Waals surface area (Å²) in [6.07, 6.45) is 0. The average molecular weight is 540 g/mol. The van der Waals surface area contributed by atoms with Crippen LogP contribution in [0, 0.1) is 5.82 Å². The van der Waals surface area contributed by atoms with Crippen molar-refractivity contribution in [3.05, 3.63) is 58.6 Å². The summed E-state index contributed by atoms with van der Waals surface area (Å²) in [5, 5.41) is 0. The van der Waals surface area contributed by atoms with E-state index in [4.69, 9.17) is 14.2 Å². The van der Waals surface area contributed by atoms with Gasteiger partial charge in [-0.15, -0.1) is 0 Å². The Labute approximate surface area is 213 Å². The summed E-state index contributed by atoms with van der Waals surface area (Å²) < 4.78 is 59.7. The van der Waals surface area contributed by atoms with Crippen LogP contribution in [0.5, 0.6) is 0 Å². The molecule has 0 spiro atoms. The summed E-state index contributed by atoms with van der Waals surface area (Å²) in [6.45, 7) is 3.86. The molecule has 2 aromatic carbocycles. The van der Waals surface area contributed by atoms with Gasteiger partial charge in [0.25, 0.3) is 5.91 Å². The molecule has 0 unspecified atom stereocenters. The van der Waals surface area contributed by atoms with Crippen LogP contribution in [0.15, 0.2) is 52.4 Å². The highest BCUT2D eigenvalue weighted by Gasteiger charge is 2.24. The maximum Gasteiger partial charge on any atom is 0.279 e. The first-order valence-electron chi connectivity index (χ1n) is 11.4. The molecule has 0 N–H and O–H groups in total. The van der Waals surface area contributed by atoms with Gasteiger partial charge < -0.3 is 18.8 Å². The van der Waals surface area contributed by atoms with Crippen LogP contribution in [0.4, 0.5) is 4.39 Å². The number of nitrogens with zero attached hydrogens (tertiary/aromatic N) is 3. The number of aromatic nitrogens is 1. The number of methoxy groups -OCH3 is 2. The number of hydrogen-bond donors (Lipinski definition) is 0. The van der Waals surface area contributed by atoms with Crippen LogP contribution in [0.25, 0.3) is 10.2 Å². The number of benzene rings is 2. The molecule has 1 amide bonds. The molecule has 196 valence electrons. The van der Waals surface area contributed by atoms with E-state index in [-0.39, 0.29) is 36.8 Å². The monoisotopic (exact) mass is 539 g/mol. The first-order chi connectivity index (χ1) is 17.3. The number of rotatable bonds is 13. The largest absolute Gasteiger partial charge is 0.383 e. The maximum atomic E-state index is 14.5. The molecule has 12 heteroatoms. The van der Waals surface area contributed by atoms with Crippen molar-refractivity contribution in [2.75, 3.05) is 53.7 Å². The predicted octanol–water partition coefficient (Wildman–Crippen LogP) is 2.90. The molecule has 0 aliphatic carbocycles. The van der Waals surface area contributed by atoms with Crippen LogP contribution in [-0.4, -0.2) is 76.9 Å². The minimum absolute atomic E-state index is 0.0435. The molecule has 0 atom stereocenters. The number of hydrogen-bond acceptors (Lipinski definition) is 7. The lowest BCUT2D eigenvalue weighted by atomic mass is 10.2. The van der Waals surface area contributed by atoms with Gasteiger partial charge in [-0.1, -0.05) is 17.4 Å². The topological polar surface area (TPSA) is 99.4 Å². The molecule has 0 saturated heterocycles. The lowest BCUT2D eigenvalue weighted by molar-refractivity contribution is 0.0996. The Bertz CT molecular complexity index is 1330. The molecule has 1 aromatic heterocycles. The van der Waals surface area contributed by atoms with Crippen molar-refractivity contribution in [1.82, 2.24) is 8.87 Å². The number of fused-ring (bicyclic) bond motifs is 1. The maximum absolute atomic E-state index is 14.5. The van der Waals surface area contributed by atoms with Crippen LogP contribution in [-0.2, 0) is 30.8 Å². The third kappa shape index (κ3) is 6.64. The van der Waals surface area contributed by atoms with Gasteiger partial charge >= 0.3 is 0 Å². The third-order valence-corrected chi connectivity index (χ3v) is 8.30. The van der Waals surface area contributed by atoms with Crippen LogP contribution in [0.2, 0.25) is 0 Å². The van der Waals surface area contributed by atoms with E-state index in [0.717, 1.165) is 0 Å². The SMILES string of the molecule is CCOCCn1c(=NC(=O)c2ccc(S(=O)(=O)N(CCOC)CCOC)cc2)sc2cccc(F)c21. The number of sulfonamides is 1. The molecule has 9 nitrogen and oxygen atoms in total. The minimum atomic E-state index is -3.81. The van der Waals surface area contributed by atoms with E-state index in [9.17, 15) is 17.6 Å². The van der Waals surface area contributed by atoms with Crippen molar-refractivity contribution < 1.29 is 31.8 Å². The number of para-hydroxylation sites is 1. The second-order valence-corrected chi connectivity index (χ2v) is 10.6. The summed E-state index contributed by atoms with van der Waals surface area (Å²) in [6, 6.07) is 10.3. The van der Waals surface area contributed by atoms with E-state index in [2.05, 4.69) is 4.99 Å². The summed E-state index contributed by atoms with van der Waals surface area (Å²) >= 11 is 1.20. The van der Waals surface area contributed by atoms with E-state index in [1.54, 1.807) is 16.7 Å². The molecule has 0 aliphatic rings. The fraction of sp³-hybridized carbons (Fsp3) is 0.417. The molecule has 0 fully saturated rings. The van der Waals surface area contributed by atoms with Gasteiger partial charge in [-0.3, -0.25) is 4.79 Å². The van der Waals surface area contributed by atoms with E-state index in [1.807, 2.05) is 6.92 Å². The molecule has 36 heavy (non-hydrogen) atoms. The highest BCUT2D eigenvalue weighted by atomic mass is 32.2. The van der Waals surface area contributed by atoms with Crippen molar-refractivity contribution in [3.8, 4) is 0 Å². The summed E-state index contributed by atoms with van der Waals surface area (Å²) in [5.74, 6) is -0.970. The zero-order valence-corrected chi connectivity index (χ0v) is 22.1. The van der Waals surface area contributed by atoms with Crippen molar-refractivity contribution in [3.63, 3.8) is 0 Å². The Kier molecular flexibility index (Phi) is 10.3. The van der Waals surface area contributed by atoms with E-state index >= 15 is 0 Å². The quantitative estimate of drug-likeness (QED) is 0.310. The summed E-state index contributed by atoms with van der Waals surface area (Å²) in [4.78, 5) is 17.5. The van der Waals surface area contributed by atoms with E-state index in [1.165, 1.54) is 60.2 Å². The Morgan fingerprint density at radius 2 is 1.72 bits per heavy atom. The molecule has 0 radical (unpaired) electrons. The summed E-state index contributed by atoms with van der Waals surface area (Å²) in [7, 11) is -0.822. The van der Waals surface area contributed by atoms with Crippen molar-refractivity contribution in [1.29, 1.82) is 0 Å². The molecule has 0 aliphatic heterocycles. The number of thiazole rings is 1. The summed E-state index contributed by atoms with van der Waals surface area (Å²) in [5.41, 5.74) is 0.575. The number of halogens is 1. The molecular weight excluding hydrogens is 509 g/mol. The van der Waals surface area contributed by atoms with Gasteiger partial charge in [0.1, 0.15) is 5.82 Å². The Morgan fingerprint density at radius 3 is 2.33 bits per heavy atom. The number of ether oxygens (including phenoxy) is 3. The molecule has 3 aromatic rings. The zero-order chi connectivity index (χ0) is 26.1. The average Bonchev–Trinajstić information content (AvgIpc) is 3.22. The normalized spacial score (nSPS) is 12.6. The van der Waals surface area contributed by atoms with Crippen LogP contribution in [0.3, 0.4) is 0 Å². The van der Waals surface area contributed by atoms with Crippen LogP contribution < -0.4 is 4.80 Å². The lowest BCUT2D eigenvalue weighted by Gasteiger charge is -2.21. The van der Waals surface area contributed by atoms with Crippen molar-refractivity contribution in [2.45, 2.75) is 18.4 Å². The highest BCUT2D eigenvalue weighted by molar-refractivity contribution is 7.89. The smallest absolute Gasteiger partial charge is 0.279 e. The van der Waals surface area contributed by atoms with Crippen molar-refractivity contribution >= 4 is 37.5 Å². The first-order valence-corrected chi connectivity index (χ1v) is 13.6. The zero-order valence-electron chi connectivity index (χ0n) is 20.5. The van der Waals surface area contributed by atoms with Gasteiger partial charge in [-0.25, -0.2) is 12.8 Å². The number of carbonyl (C=O) groups is 1. The van der Waals surface area contributed by atoms with Gasteiger partial charge in [-0.05, 0) is 43.3 Å². The van der Waals surface area contributed by atoms with Crippen molar-refractivity contribution in [2.24, 2.45) is 4.99 Å². The fourth-order valence-corrected chi connectivity index (χ4v) is 5.97. The van der Waals surface area contributed by atoms with Gasteiger partial charge in [-0.2, -0.15) is 9.30 Å². The molecule has 0 bridgehead atoms. The predicted molar refractivity (Wildman–Crippen MR) is 135 cm³/mol. The number of amides is 1. The third-order valence-electron chi connectivity index (χ3n) is 5.34. The number of carbonyl (C=O) groups excluding carboxylic acids is 1. The van der Waals surface area contributed by atoms with Crippen LogP contribution >= 0.6 is 11.3 Å². The molecule has 0 saturated carbocycles. The van der Waals surface area contributed by atoms with Gasteiger partial charge in [0.2, 0.25) is 10.0 Å². The second kappa shape index (κ2) is 13.2. The van der Waals surface area contributed by atoms with Crippen LogP contribution in [0.1, 0.15) is 17.3 Å². The Balaban J connectivity index is 1.91. The lowest BCUT2D eigenvalue weighted by Crippen LogP contribution is -2.36. The van der Waals surface area contributed by atoms with E-state index in [0.29, 0.717) is 34.8 Å².